The molecule has 0 N–H and O–H groups in total. The molecule has 0 unspecified atom stereocenters. The second-order valence-electron chi connectivity index (χ2n) is 3.79. The van der Waals surface area contributed by atoms with Gasteiger partial charge in [-0.25, -0.2) is 0 Å². The lowest BCUT2D eigenvalue weighted by molar-refractivity contribution is -0.389. The smallest absolute Gasteiger partial charge is 0.379 e. The number of rotatable bonds is 6. The summed E-state index contributed by atoms with van der Waals surface area (Å²) in [6, 6.07) is 0. The van der Waals surface area contributed by atoms with Gasteiger partial charge in [0.15, 0.2) is 5.02 Å². The zero-order valence-corrected chi connectivity index (χ0v) is 9.98. The summed E-state index contributed by atoms with van der Waals surface area (Å²) in [6.07, 6.45) is 1.43. The van der Waals surface area contributed by atoms with Gasteiger partial charge in [-0.2, -0.15) is 4.68 Å². The maximum Gasteiger partial charge on any atom is 0.408 e. The number of nitro groups is 1. The molecule has 7 heteroatoms. The van der Waals surface area contributed by atoms with Crippen molar-refractivity contribution in [3.05, 3.63) is 21.3 Å². The van der Waals surface area contributed by atoms with Crippen molar-refractivity contribution in [3.63, 3.8) is 0 Å². The second kappa shape index (κ2) is 5.81. The predicted molar refractivity (Wildman–Crippen MR) is 59.5 cm³/mol. The molecule has 1 aromatic heterocycles. The minimum Gasteiger partial charge on any atom is -0.379 e. The third-order valence-electron chi connectivity index (χ3n) is 1.79. The number of hydrogen-bond acceptors (Lipinski definition) is 4. The molecule has 0 amide bonds. The Morgan fingerprint density at radius 2 is 2.38 bits per heavy atom. The van der Waals surface area contributed by atoms with E-state index in [-0.39, 0.29) is 10.8 Å². The van der Waals surface area contributed by atoms with E-state index in [1.165, 1.54) is 10.9 Å². The molecule has 0 aliphatic heterocycles. The molecular formula is C9H14ClN3O3. The summed E-state index contributed by atoms with van der Waals surface area (Å²) in [5.41, 5.74) is 0. The maximum absolute atomic E-state index is 10.5. The molecule has 1 heterocycles. The quantitative estimate of drug-likeness (QED) is 0.439. The molecule has 0 saturated heterocycles. The molecule has 0 fully saturated rings. The first-order chi connectivity index (χ1) is 7.50. The molecule has 0 aromatic carbocycles. The first kappa shape index (κ1) is 12.9. The normalized spacial score (nSPS) is 11.0. The van der Waals surface area contributed by atoms with Gasteiger partial charge in [0.2, 0.25) is 0 Å². The van der Waals surface area contributed by atoms with E-state index in [9.17, 15) is 10.1 Å². The van der Waals surface area contributed by atoms with E-state index in [1.807, 2.05) is 0 Å². The van der Waals surface area contributed by atoms with Gasteiger partial charge in [-0.15, -0.1) is 0 Å². The van der Waals surface area contributed by atoms with Crippen LogP contribution < -0.4 is 0 Å². The topological polar surface area (TPSA) is 70.2 Å². The van der Waals surface area contributed by atoms with E-state index < -0.39 is 4.92 Å². The summed E-state index contributed by atoms with van der Waals surface area (Å²) in [5, 5.41) is 14.2. The highest BCUT2D eigenvalue weighted by Gasteiger charge is 2.18. The van der Waals surface area contributed by atoms with Crippen LogP contribution in [0.4, 0.5) is 5.82 Å². The fourth-order valence-electron chi connectivity index (χ4n) is 1.10. The van der Waals surface area contributed by atoms with E-state index in [0.29, 0.717) is 25.7 Å². The van der Waals surface area contributed by atoms with Gasteiger partial charge in [-0.05, 0) is 10.8 Å². The summed E-state index contributed by atoms with van der Waals surface area (Å²) in [4.78, 5) is 9.87. The van der Waals surface area contributed by atoms with E-state index in [4.69, 9.17) is 16.3 Å². The third kappa shape index (κ3) is 3.79. The van der Waals surface area contributed by atoms with Gasteiger partial charge < -0.3 is 14.9 Å². The Hall–Kier alpha value is -1.14. The molecule has 0 aliphatic rings. The number of halogens is 1. The summed E-state index contributed by atoms with van der Waals surface area (Å²) in [7, 11) is 0. The first-order valence-electron chi connectivity index (χ1n) is 4.95. The Labute approximate surface area is 98.3 Å². The fraction of sp³-hybridized carbons (Fsp3) is 0.667. The monoisotopic (exact) mass is 247 g/mol. The van der Waals surface area contributed by atoms with Crippen LogP contribution in [-0.4, -0.2) is 27.9 Å². The van der Waals surface area contributed by atoms with Crippen LogP contribution in [0.3, 0.4) is 0 Å². The molecule has 0 atom stereocenters. The summed E-state index contributed by atoms with van der Waals surface area (Å²) in [5.74, 6) is 0.154. The highest BCUT2D eigenvalue weighted by molar-refractivity contribution is 6.32. The number of ether oxygens (including phenoxy) is 1. The van der Waals surface area contributed by atoms with Gasteiger partial charge in [0.1, 0.15) is 0 Å². The molecule has 0 saturated carbocycles. The van der Waals surface area contributed by atoms with E-state index in [2.05, 4.69) is 18.9 Å². The molecule has 16 heavy (non-hydrogen) atoms. The molecule has 0 spiro atoms. The Bertz CT molecular complexity index is 365. The van der Waals surface area contributed by atoms with Gasteiger partial charge in [0.25, 0.3) is 0 Å². The van der Waals surface area contributed by atoms with E-state index in [1.54, 1.807) is 0 Å². The van der Waals surface area contributed by atoms with Crippen molar-refractivity contribution < 1.29 is 9.66 Å². The van der Waals surface area contributed by atoms with Crippen LogP contribution in [-0.2, 0) is 11.3 Å². The zero-order chi connectivity index (χ0) is 12.1. The number of hydrogen-bond donors (Lipinski definition) is 0. The summed E-state index contributed by atoms with van der Waals surface area (Å²) in [6.45, 7) is 5.69. The maximum atomic E-state index is 10.5. The van der Waals surface area contributed by atoms with E-state index in [0.717, 1.165) is 0 Å². The molecule has 0 aliphatic carbocycles. The van der Waals surface area contributed by atoms with Crippen LogP contribution in [0.2, 0.25) is 5.02 Å². The lowest BCUT2D eigenvalue weighted by Crippen LogP contribution is -2.10. The fourth-order valence-corrected chi connectivity index (χ4v) is 1.32. The van der Waals surface area contributed by atoms with Crippen LogP contribution in [0.25, 0.3) is 0 Å². The van der Waals surface area contributed by atoms with Crippen LogP contribution in [0.5, 0.6) is 0 Å². The molecular weight excluding hydrogens is 234 g/mol. The Balaban J connectivity index is 2.43. The minimum absolute atomic E-state index is 0.0499. The Kier molecular flexibility index (Phi) is 4.70. The minimum atomic E-state index is -0.603. The average molecular weight is 248 g/mol. The standard InChI is InChI=1S/C9H14ClN3O3/c1-7(2)6-16-4-3-12-5-8(10)9(11-12)13(14)15/h5,7H,3-4,6H2,1-2H3. The molecule has 0 bridgehead atoms. The van der Waals surface area contributed by atoms with Gasteiger partial charge >= 0.3 is 5.82 Å². The highest BCUT2D eigenvalue weighted by atomic mass is 35.5. The molecule has 90 valence electrons. The molecule has 1 rings (SSSR count). The SMILES string of the molecule is CC(C)COCCn1cc(Cl)c([N+](=O)[O-])n1. The van der Waals surface area contributed by atoms with Crippen LogP contribution in [0, 0.1) is 16.0 Å². The Morgan fingerprint density at radius 1 is 1.69 bits per heavy atom. The van der Waals surface area contributed by atoms with E-state index >= 15 is 0 Å². The van der Waals surface area contributed by atoms with Gasteiger partial charge in [0.05, 0.1) is 24.4 Å². The zero-order valence-electron chi connectivity index (χ0n) is 9.22. The molecule has 0 radical (unpaired) electrons. The summed E-state index contributed by atoms with van der Waals surface area (Å²) < 4.78 is 6.75. The average Bonchev–Trinajstić information content (AvgIpc) is 2.54. The Morgan fingerprint density at radius 3 is 2.88 bits per heavy atom. The van der Waals surface area contributed by atoms with Gasteiger partial charge in [0, 0.05) is 6.61 Å². The lowest BCUT2D eigenvalue weighted by Gasteiger charge is -2.04. The highest BCUT2D eigenvalue weighted by Crippen LogP contribution is 2.20. The lowest BCUT2D eigenvalue weighted by atomic mass is 10.2. The number of aromatic nitrogens is 2. The summed E-state index contributed by atoms with van der Waals surface area (Å²) >= 11 is 5.64. The molecule has 1 aromatic rings. The second-order valence-corrected chi connectivity index (χ2v) is 4.20. The van der Waals surface area contributed by atoms with Crippen molar-refractivity contribution in [1.82, 2.24) is 9.78 Å². The first-order valence-corrected chi connectivity index (χ1v) is 5.33. The third-order valence-corrected chi connectivity index (χ3v) is 2.05. The van der Waals surface area contributed by atoms with Crippen molar-refractivity contribution in [1.29, 1.82) is 0 Å². The van der Waals surface area contributed by atoms with Crippen molar-refractivity contribution in [2.45, 2.75) is 20.4 Å². The van der Waals surface area contributed by atoms with Crippen LogP contribution in [0.1, 0.15) is 13.8 Å². The van der Waals surface area contributed by atoms with Crippen molar-refractivity contribution in [3.8, 4) is 0 Å². The van der Waals surface area contributed by atoms with Crippen molar-refractivity contribution in [2.24, 2.45) is 5.92 Å². The predicted octanol–water partition coefficient (Wildman–Crippen LogP) is 2.12. The van der Waals surface area contributed by atoms with Gasteiger partial charge in [-0.3, -0.25) is 0 Å². The van der Waals surface area contributed by atoms with Gasteiger partial charge in [-0.1, -0.05) is 25.4 Å². The van der Waals surface area contributed by atoms with Crippen molar-refractivity contribution in [2.75, 3.05) is 13.2 Å². The largest absolute Gasteiger partial charge is 0.408 e. The van der Waals surface area contributed by atoms with Crippen molar-refractivity contribution >= 4 is 17.4 Å². The van der Waals surface area contributed by atoms with Crippen LogP contribution >= 0.6 is 11.6 Å². The number of nitrogens with zero attached hydrogens (tertiary/aromatic N) is 3. The molecule has 6 nitrogen and oxygen atoms in total. The van der Waals surface area contributed by atoms with Crippen LogP contribution in [0.15, 0.2) is 6.20 Å².